The maximum absolute atomic E-state index is 13.4. The molecule has 1 amide bonds. The summed E-state index contributed by atoms with van der Waals surface area (Å²) in [7, 11) is -3.72. The van der Waals surface area contributed by atoms with Gasteiger partial charge < -0.3 is 19.4 Å². The Morgan fingerprint density at radius 1 is 1.12 bits per heavy atom. The van der Waals surface area contributed by atoms with Gasteiger partial charge in [-0.2, -0.15) is 4.31 Å². The second-order valence-electron chi connectivity index (χ2n) is 7.74. The summed E-state index contributed by atoms with van der Waals surface area (Å²) in [6.45, 7) is 8.36. The number of nitrogens with zero attached hydrogens (tertiary/aromatic N) is 3. The first-order valence-electron chi connectivity index (χ1n) is 11.0. The van der Waals surface area contributed by atoms with E-state index in [1.165, 1.54) is 10.4 Å². The molecule has 0 aliphatic carbocycles. The van der Waals surface area contributed by atoms with E-state index in [-0.39, 0.29) is 4.90 Å². The molecular weight excluding hydrogens is 444 g/mol. The van der Waals surface area contributed by atoms with E-state index >= 15 is 0 Å². The number of benzene rings is 2. The molecule has 1 fully saturated rings. The van der Waals surface area contributed by atoms with Gasteiger partial charge in [0.15, 0.2) is 11.5 Å². The summed E-state index contributed by atoms with van der Waals surface area (Å²) in [5, 5.41) is 2.89. The molecule has 2 aromatic carbocycles. The Bertz CT molecular complexity index is 1260. The number of hydrogen-bond donors (Lipinski definition) is 1. The summed E-state index contributed by atoms with van der Waals surface area (Å²) in [5.41, 5.74) is 2.78. The summed E-state index contributed by atoms with van der Waals surface area (Å²) in [6, 6.07) is 9.95. The van der Waals surface area contributed by atoms with Gasteiger partial charge in [0.2, 0.25) is 10.0 Å². The fourth-order valence-corrected chi connectivity index (χ4v) is 5.45. The molecule has 0 radical (unpaired) electrons. The number of ether oxygens (including phenoxy) is 1. The number of oxazole rings is 1. The van der Waals surface area contributed by atoms with Crippen molar-refractivity contribution in [1.29, 1.82) is 0 Å². The van der Waals surface area contributed by atoms with Gasteiger partial charge in [-0.1, -0.05) is 13.8 Å². The molecule has 0 bridgehead atoms. The number of hydrogen-bond acceptors (Lipinski definition) is 7. The van der Waals surface area contributed by atoms with Crippen molar-refractivity contribution in [2.24, 2.45) is 0 Å². The molecule has 0 atom stereocenters. The standard InChI is InChI=1S/C23H28N4O5S/c1-4-27(5-2)33(29,30)18-7-8-21(26-10-12-31-13-11-26)19(15-18)23(28)25-17-6-9-22-20(14-17)24-16(3)32-22/h6-9,14-15H,4-5,10-13H2,1-3H3,(H,25,28). The van der Waals surface area contributed by atoms with Crippen LogP contribution in [0.3, 0.4) is 0 Å². The highest BCUT2D eigenvalue weighted by Gasteiger charge is 2.26. The molecule has 176 valence electrons. The van der Waals surface area contributed by atoms with Crippen molar-refractivity contribution in [2.75, 3.05) is 49.6 Å². The fourth-order valence-electron chi connectivity index (χ4n) is 3.97. The van der Waals surface area contributed by atoms with Crippen molar-refractivity contribution >= 4 is 38.4 Å². The van der Waals surface area contributed by atoms with Crippen LogP contribution in [0.1, 0.15) is 30.1 Å². The number of carbonyl (C=O) groups excluding carboxylic acids is 1. The van der Waals surface area contributed by atoms with Crippen LogP contribution in [-0.4, -0.2) is 63.0 Å². The Morgan fingerprint density at radius 3 is 2.55 bits per heavy atom. The van der Waals surface area contributed by atoms with Gasteiger partial charge in [0, 0.05) is 44.5 Å². The third kappa shape index (κ3) is 4.73. The van der Waals surface area contributed by atoms with Crippen molar-refractivity contribution < 1.29 is 22.4 Å². The number of sulfonamides is 1. The number of carbonyl (C=O) groups is 1. The number of nitrogens with one attached hydrogen (secondary N) is 1. The normalized spacial score (nSPS) is 14.7. The molecule has 1 aromatic heterocycles. The van der Waals surface area contributed by atoms with E-state index in [1.807, 2.05) is 4.90 Å². The molecule has 1 aliphatic heterocycles. The van der Waals surface area contributed by atoms with Gasteiger partial charge in [0.1, 0.15) is 5.52 Å². The second kappa shape index (κ2) is 9.50. The minimum atomic E-state index is -3.72. The number of anilines is 2. The third-order valence-electron chi connectivity index (χ3n) is 5.66. The lowest BCUT2D eigenvalue weighted by Crippen LogP contribution is -2.37. The average molecular weight is 473 g/mol. The predicted octanol–water partition coefficient (Wildman–Crippen LogP) is 3.26. The lowest BCUT2D eigenvalue weighted by atomic mass is 10.1. The maximum atomic E-state index is 13.4. The molecule has 1 saturated heterocycles. The number of rotatable bonds is 7. The number of aromatic nitrogens is 1. The molecule has 33 heavy (non-hydrogen) atoms. The highest BCUT2D eigenvalue weighted by atomic mass is 32.2. The lowest BCUT2D eigenvalue weighted by molar-refractivity contribution is 0.102. The molecule has 0 saturated carbocycles. The number of aryl methyl sites for hydroxylation is 1. The summed E-state index contributed by atoms with van der Waals surface area (Å²) in [5.74, 6) is 0.144. The molecule has 1 N–H and O–H groups in total. The van der Waals surface area contributed by atoms with E-state index in [0.29, 0.717) is 73.3 Å². The molecule has 1 aliphatic rings. The first-order valence-corrected chi connectivity index (χ1v) is 12.4. The smallest absolute Gasteiger partial charge is 0.257 e. The van der Waals surface area contributed by atoms with Gasteiger partial charge in [-0.15, -0.1) is 0 Å². The van der Waals surface area contributed by atoms with Crippen LogP contribution in [0.15, 0.2) is 45.7 Å². The zero-order valence-electron chi connectivity index (χ0n) is 19.0. The van der Waals surface area contributed by atoms with E-state index in [1.54, 1.807) is 51.1 Å². The van der Waals surface area contributed by atoms with Crippen LogP contribution in [0.5, 0.6) is 0 Å². The maximum Gasteiger partial charge on any atom is 0.257 e. The quantitative estimate of drug-likeness (QED) is 0.563. The highest BCUT2D eigenvalue weighted by molar-refractivity contribution is 7.89. The first-order chi connectivity index (χ1) is 15.8. The van der Waals surface area contributed by atoms with Crippen molar-refractivity contribution in [1.82, 2.24) is 9.29 Å². The lowest BCUT2D eigenvalue weighted by Gasteiger charge is -2.30. The van der Waals surface area contributed by atoms with Crippen molar-refractivity contribution in [3.63, 3.8) is 0 Å². The van der Waals surface area contributed by atoms with Gasteiger partial charge in [-0.25, -0.2) is 13.4 Å². The van der Waals surface area contributed by atoms with Crippen molar-refractivity contribution in [2.45, 2.75) is 25.7 Å². The summed E-state index contributed by atoms with van der Waals surface area (Å²) < 4.78 is 38.5. The van der Waals surface area contributed by atoms with Crippen molar-refractivity contribution in [3.8, 4) is 0 Å². The molecule has 3 aromatic rings. The van der Waals surface area contributed by atoms with Gasteiger partial charge >= 0.3 is 0 Å². The first kappa shape index (κ1) is 23.2. The van der Waals surface area contributed by atoms with E-state index in [9.17, 15) is 13.2 Å². The van der Waals surface area contributed by atoms with Crippen LogP contribution in [0.2, 0.25) is 0 Å². The Kier molecular flexibility index (Phi) is 6.68. The Labute approximate surface area is 193 Å². The minimum absolute atomic E-state index is 0.0935. The topological polar surface area (TPSA) is 105 Å². The summed E-state index contributed by atoms with van der Waals surface area (Å²) in [6.07, 6.45) is 0. The van der Waals surface area contributed by atoms with E-state index in [2.05, 4.69) is 10.3 Å². The molecule has 9 nitrogen and oxygen atoms in total. The van der Waals surface area contributed by atoms with Crippen LogP contribution in [0.25, 0.3) is 11.1 Å². The summed E-state index contributed by atoms with van der Waals surface area (Å²) >= 11 is 0. The number of fused-ring (bicyclic) bond motifs is 1. The van der Waals surface area contributed by atoms with Gasteiger partial charge in [-0.05, 0) is 36.4 Å². The largest absolute Gasteiger partial charge is 0.441 e. The molecule has 10 heteroatoms. The SMILES string of the molecule is CCN(CC)S(=O)(=O)c1ccc(N2CCOCC2)c(C(=O)Nc2ccc3oc(C)nc3c2)c1. The van der Waals surface area contributed by atoms with Crippen LogP contribution in [0, 0.1) is 6.92 Å². The molecule has 0 unspecified atom stereocenters. The zero-order valence-corrected chi connectivity index (χ0v) is 19.8. The highest BCUT2D eigenvalue weighted by Crippen LogP contribution is 2.28. The monoisotopic (exact) mass is 472 g/mol. The van der Waals surface area contributed by atoms with Crippen LogP contribution < -0.4 is 10.2 Å². The minimum Gasteiger partial charge on any atom is -0.441 e. The van der Waals surface area contributed by atoms with Crippen LogP contribution in [0.4, 0.5) is 11.4 Å². The second-order valence-corrected chi connectivity index (χ2v) is 9.68. The van der Waals surface area contributed by atoms with Gasteiger partial charge in [0.25, 0.3) is 5.91 Å². The Hall–Kier alpha value is -2.95. The molecular formula is C23H28N4O5S. The van der Waals surface area contributed by atoms with Gasteiger partial charge in [0.05, 0.1) is 23.7 Å². The fraction of sp³-hybridized carbons (Fsp3) is 0.391. The molecule has 4 rings (SSSR count). The van der Waals surface area contributed by atoms with Crippen LogP contribution in [-0.2, 0) is 14.8 Å². The average Bonchev–Trinajstić information content (AvgIpc) is 3.19. The summed E-state index contributed by atoms with van der Waals surface area (Å²) in [4.78, 5) is 19.8. The Morgan fingerprint density at radius 2 is 1.85 bits per heavy atom. The number of morpholine rings is 1. The predicted molar refractivity (Wildman–Crippen MR) is 126 cm³/mol. The third-order valence-corrected chi connectivity index (χ3v) is 7.71. The van der Waals surface area contributed by atoms with E-state index in [0.717, 1.165) is 0 Å². The van der Waals surface area contributed by atoms with E-state index < -0.39 is 15.9 Å². The molecule has 2 heterocycles. The zero-order chi connectivity index (χ0) is 23.6. The van der Waals surface area contributed by atoms with E-state index in [4.69, 9.17) is 9.15 Å². The number of amides is 1. The van der Waals surface area contributed by atoms with Crippen LogP contribution >= 0.6 is 0 Å². The Balaban J connectivity index is 1.72. The van der Waals surface area contributed by atoms with Crippen molar-refractivity contribution in [3.05, 3.63) is 47.9 Å². The molecule has 0 spiro atoms. The van der Waals surface area contributed by atoms with Gasteiger partial charge in [-0.3, -0.25) is 4.79 Å².